The molecule has 1 atom stereocenters. The molecule has 1 aromatic rings. The van der Waals surface area contributed by atoms with E-state index in [1.54, 1.807) is 4.90 Å². The van der Waals surface area contributed by atoms with Gasteiger partial charge in [-0.25, -0.2) is 4.98 Å². The number of likely N-dealkylation sites (tertiary alicyclic amines) is 1. The fourth-order valence-electron chi connectivity index (χ4n) is 3.37. The average molecular weight is 323 g/mol. The van der Waals surface area contributed by atoms with Crippen molar-refractivity contribution in [3.05, 3.63) is 15.6 Å². The number of nitrogens with zero attached hydrogens (tertiary/aromatic N) is 2. The summed E-state index contributed by atoms with van der Waals surface area (Å²) in [5.41, 5.74) is 0.614. The Kier molecular flexibility index (Phi) is 3.94. The van der Waals surface area contributed by atoms with Crippen LogP contribution in [-0.2, 0) is 9.53 Å². The lowest BCUT2D eigenvalue weighted by Crippen LogP contribution is -2.59. The molecular formula is C15H21N3O3S. The van der Waals surface area contributed by atoms with Crippen molar-refractivity contribution in [3.63, 3.8) is 0 Å². The van der Waals surface area contributed by atoms with Gasteiger partial charge in [0, 0.05) is 31.6 Å². The third-order valence-electron chi connectivity index (χ3n) is 4.56. The Morgan fingerprint density at radius 3 is 2.68 bits per heavy atom. The zero-order valence-corrected chi connectivity index (χ0v) is 14.0. The standard InChI is InChI=1S/C15H21N3O3S/c1-4-21-14(20)11-5-18(8-15(11)6-16-7-15)13(19)12-9(2)17-10(3)22-12/h11,16H,4-8H2,1-3H3. The minimum Gasteiger partial charge on any atom is -0.466 e. The highest BCUT2D eigenvalue weighted by atomic mass is 32.1. The topological polar surface area (TPSA) is 71.5 Å². The Balaban J connectivity index is 1.80. The minimum absolute atomic E-state index is 0.0128. The first-order valence-electron chi connectivity index (χ1n) is 7.57. The molecule has 7 heteroatoms. The molecule has 2 saturated heterocycles. The van der Waals surface area contributed by atoms with Crippen LogP contribution in [0.5, 0.6) is 0 Å². The molecule has 0 radical (unpaired) electrons. The number of ether oxygens (including phenoxy) is 1. The predicted molar refractivity (Wildman–Crippen MR) is 82.9 cm³/mol. The molecular weight excluding hydrogens is 302 g/mol. The molecule has 3 rings (SSSR count). The number of esters is 1. The lowest BCUT2D eigenvalue weighted by atomic mass is 9.73. The van der Waals surface area contributed by atoms with Crippen LogP contribution < -0.4 is 5.32 Å². The molecule has 0 bridgehead atoms. The van der Waals surface area contributed by atoms with Crippen LogP contribution in [0, 0.1) is 25.2 Å². The molecule has 6 nitrogen and oxygen atoms in total. The Morgan fingerprint density at radius 1 is 1.45 bits per heavy atom. The van der Waals surface area contributed by atoms with Gasteiger partial charge in [-0.05, 0) is 20.8 Å². The van der Waals surface area contributed by atoms with Gasteiger partial charge in [0.2, 0.25) is 0 Å². The summed E-state index contributed by atoms with van der Waals surface area (Å²) in [5.74, 6) is -0.426. The van der Waals surface area contributed by atoms with Crippen LogP contribution in [0.3, 0.4) is 0 Å². The van der Waals surface area contributed by atoms with Crippen LogP contribution >= 0.6 is 11.3 Å². The van der Waals surface area contributed by atoms with E-state index >= 15 is 0 Å². The van der Waals surface area contributed by atoms with E-state index in [1.165, 1.54) is 11.3 Å². The van der Waals surface area contributed by atoms with Gasteiger partial charge in [-0.2, -0.15) is 0 Å². The van der Waals surface area contributed by atoms with Crippen LogP contribution in [0.1, 0.15) is 27.3 Å². The number of carbonyl (C=O) groups excluding carboxylic acids is 2. The zero-order valence-electron chi connectivity index (χ0n) is 13.1. The van der Waals surface area contributed by atoms with Gasteiger partial charge in [0.1, 0.15) is 4.88 Å². The molecule has 2 aliphatic heterocycles. The lowest BCUT2D eigenvalue weighted by molar-refractivity contribution is -0.152. The van der Waals surface area contributed by atoms with Crippen molar-refractivity contribution in [2.75, 3.05) is 32.8 Å². The van der Waals surface area contributed by atoms with E-state index in [0.29, 0.717) is 24.6 Å². The first-order valence-corrected chi connectivity index (χ1v) is 8.39. The predicted octanol–water partition coefficient (Wildman–Crippen LogP) is 0.985. The fourth-order valence-corrected chi connectivity index (χ4v) is 4.26. The second-order valence-corrected chi connectivity index (χ2v) is 7.31. The van der Waals surface area contributed by atoms with Crippen LogP contribution in [0.15, 0.2) is 0 Å². The minimum atomic E-state index is -0.230. The summed E-state index contributed by atoms with van der Waals surface area (Å²) in [6, 6.07) is 0. The molecule has 1 aromatic heterocycles. The van der Waals surface area contributed by atoms with E-state index in [9.17, 15) is 9.59 Å². The van der Waals surface area contributed by atoms with Crippen molar-refractivity contribution < 1.29 is 14.3 Å². The van der Waals surface area contributed by atoms with E-state index in [-0.39, 0.29) is 23.2 Å². The molecule has 0 aliphatic carbocycles. The van der Waals surface area contributed by atoms with Gasteiger partial charge in [-0.1, -0.05) is 0 Å². The molecule has 0 saturated carbocycles. The van der Waals surface area contributed by atoms with Gasteiger partial charge in [-0.3, -0.25) is 9.59 Å². The highest BCUT2D eigenvalue weighted by Gasteiger charge is 2.55. The Bertz CT molecular complexity index is 609. The van der Waals surface area contributed by atoms with Gasteiger partial charge in [0.25, 0.3) is 5.91 Å². The quantitative estimate of drug-likeness (QED) is 0.840. The average Bonchev–Trinajstić information content (AvgIpc) is 2.98. The van der Waals surface area contributed by atoms with E-state index in [1.807, 2.05) is 20.8 Å². The number of aryl methyl sites for hydroxylation is 2. The molecule has 120 valence electrons. The number of nitrogens with one attached hydrogen (secondary N) is 1. The molecule has 1 N–H and O–H groups in total. The highest BCUT2D eigenvalue weighted by Crippen LogP contribution is 2.41. The van der Waals surface area contributed by atoms with Crippen LogP contribution in [0.4, 0.5) is 0 Å². The number of aromatic nitrogens is 1. The Morgan fingerprint density at radius 2 is 2.18 bits per heavy atom. The van der Waals surface area contributed by atoms with E-state index in [0.717, 1.165) is 23.8 Å². The summed E-state index contributed by atoms with van der Waals surface area (Å²) in [6.07, 6.45) is 0. The number of rotatable bonds is 3. The van der Waals surface area contributed by atoms with E-state index < -0.39 is 0 Å². The van der Waals surface area contributed by atoms with Crippen molar-refractivity contribution in [3.8, 4) is 0 Å². The first-order chi connectivity index (χ1) is 10.5. The van der Waals surface area contributed by atoms with Crippen molar-refractivity contribution in [2.24, 2.45) is 11.3 Å². The highest BCUT2D eigenvalue weighted by molar-refractivity contribution is 7.13. The summed E-state index contributed by atoms with van der Waals surface area (Å²) in [7, 11) is 0. The normalized spacial score (nSPS) is 22.7. The lowest BCUT2D eigenvalue weighted by Gasteiger charge is -2.42. The maximum Gasteiger partial charge on any atom is 0.311 e. The maximum atomic E-state index is 12.8. The van der Waals surface area contributed by atoms with E-state index in [2.05, 4.69) is 10.3 Å². The van der Waals surface area contributed by atoms with Gasteiger partial charge in [-0.15, -0.1) is 11.3 Å². The Hall–Kier alpha value is -1.47. The van der Waals surface area contributed by atoms with Gasteiger partial charge < -0.3 is 15.0 Å². The van der Waals surface area contributed by atoms with E-state index in [4.69, 9.17) is 4.74 Å². The largest absolute Gasteiger partial charge is 0.466 e. The zero-order chi connectivity index (χ0) is 15.9. The molecule has 1 unspecified atom stereocenters. The number of amides is 1. The van der Waals surface area contributed by atoms with Crippen LogP contribution in [0.2, 0.25) is 0 Å². The SMILES string of the molecule is CCOC(=O)C1CN(C(=O)c2sc(C)nc2C)CC12CNC2. The van der Waals surface area contributed by atoms with Gasteiger partial charge in [0.05, 0.1) is 23.2 Å². The number of thiazole rings is 1. The summed E-state index contributed by atoms with van der Waals surface area (Å²) >= 11 is 1.42. The van der Waals surface area contributed by atoms with Crippen molar-refractivity contribution >= 4 is 23.2 Å². The third kappa shape index (κ3) is 2.42. The number of carbonyl (C=O) groups is 2. The maximum absolute atomic E-state index is 12.8. The second kappa shape index (κ2) is 5.62. The molecule has 3 heterocycles. The summed E-state index contributed by atoms with van der Waals surface area (Å²) in [5, 5.41) is 4.12. The molecule has 1 amide bonds. The van der Waals surface area contributed by atoms with Crippen molar-refractivity contribution in [1.82, 2.24) is 15.2 Å². The number of hydrogen-bond acceptors (Lipinski definition) is 6. The Labute approximate surface area is 133 Å². The molecule has 2 fully saturated rings. The molecule has 2 aliphatic rings. The third-order valence-corrected chi connectivity index (χ3v) is 5.62. The second-order valence-electron chi connectivity index (χ2n) is 6.10. The summed E-state index contributed by atoms with van der Waals surface area (Å²) in [6.45, 7) is 8.52. The van der Waals surface area contributed by atoms with Gasteiger partial charge in [0.15, 0.2) is 0 Å². The number of hydrogen-bond donors (Lipinski definition) is 1. The fraction of sp³-hybridized carbons (Fsp3) is 0.667. The van der Waals surface area contributed by atoms with Crippen LogP contribution in [-0.4, -0.2) is 54.5 Å². The molecule has 0 aromatic carbocycles. The van der Waals surface area contributed by atoms with Crippen LogP contribution in [0.25, 0.3) is 0 Å². The summed E-state index contributed by atoms with van der Waals surface area (Å²) < 4.78 is 5.20. The summed E-state index contributed by atoms with van der Waals surface area (Å²) in [4.78, 5) is 31.8. The first kappa shape index (κ1) is 15.4. The molecule has 1 spiro atoms. The smallest absolute Gasteiger partial charge is 0.311 e. The van der Waals surface area contributed by atoms with Crippen molar-refractivity contribution in [2.45, 2.75) is 20.8 Å². The monoisotopic (exact) mass is 323 g/mol. The molecule has 22 heavy (non-hydrogen) atoms. The van der Waals surface area contributed by atoms with Crippen molar-refractivity contribution in [1.29, 1.82) is 0 Å². The van der Waals surface area contributed by atoms with Gasteiger partial charge >= 0.3 is 5.97 Å².